The van der Waals surface area contributed by atoms with Crippen molar-refractivity contribution in [3.63, 3.8) is 0 Å². The minimum Gasteiger partial charge on any atom is -0.466 e. The molecule has 0 aliphatic rings. The summed E-state index contributed by atoms with van der Waals surface area (Å²) in [6, 6.07) is -1.77. The fourth-order valence-electron chi connectivity index (χ4n) is 1.38. The third-order valence-corrected chi connectivity index (χ3v) is 4.97. The van der Waals surface area contributed by atoms with E-state index in [1.165, 1.54) is 0 Å². The van der Waals surface area contributed by atoms with Crippen LogP contribution in [0.4, 0.5) is 0 Å². The van der Waals surface area contributed by atoms with Gasteiger partial charge < -0.3 is 4.74 Å². The van der Waals surface area contributed by atoms with Crippen molar-refractivity contribution in [3.05, 3.63) is 0 Å². The number of halogens is 3. The van der Waals surface area contributed by atoms with Crippen molar-refractivity contribution in [2.24, 2.45) is 0 Å². The van der Waals surface area contributed by atoms with E-state index in [9.17, 15) is 4.79 Å². The van der Waals surface area contributed by atoms with Gasteiger partial charge in [0.25, 0.3) is 0 Å². The van der Waals surface area contributed by atoms with Gasteiger partial charge in [0.2, 0.25) is 0 Å². The zero-order valence-electron chi connectivity index (χ0n) is 10.3. The first-order chi connectivity index (χ1) is 7.95. The Labute approximate surface area is 119 Å². The lowest BCUT2D eigenvalue weighted by atomic mass is 10.2. The predicted octanol–water partition coefficient (Wildman–Crippen LogP) is 4.94. The van der Waals surface area contributed by atoms with Crippen LogP contribution >= 0.6 is 33.2 Å². The van der Waals surface area contributed by atoms with Gasteiger partial charge in [0, 0.05) is 6.42 Å². The minimum absolute atomic E-state index is 0.0887. The van der Waals surface area contributed by atoms with Gasteiger partial charge in [-0.05, 0) is 18.9 Å². The van der Waals surface area contributed by atoms with Gasteiger partial charge in [-0.15, -0.1) is 33.2 Å². The van der Waals surface area contributed by atoms with Crippen molar-refractivity contribution in [1.82, 2.24) is 0 Å². The quantitative estimate of drug-likeness (QED) is 0.247. The van der Waals surface area contributed by atoms with Crippen LogP contribution in [-0.2, 0) is 9.53 Å². The molecule has 0 aliphatic carbocycles. The maximum Gasteiger partial charge on any atom is 0.341 e. The van der Waals surface area contributed by atoms with E-state index in [2.05, 4.69) is 6.92 Å². The third kappa shape index (κ3) is 14.5. The van der Waals surface area contributed by atoms with Crippen LogP contribution in [0.15, 0.2) is 0 Å². The van der Waals surface area contributed by atoms with Crippen molar-refractivity contribution in [2.45, 2.75) is 57.9 Å². The van der Waals surface area contributed by atoms with Gasteiger partial charge in [-0.3, -0.25) is 4.79 Å². The van der Waals surface area contributed by atoms with E-state index in [1.807, 2.05) is 0 Å². The lowest BCUT2D eigenvalue weighted by Crippen LogP contribution is -2.09. The molecule has 17 heavy (non-hydrogen) atoms. The van der Waals surface area contributed by atoms with Gasteiger partial charge in [-0.2, -0.15) is 0 Å². The second-order valence-electron chi connectivity index (χ2n) is 4.10. The van der Waals surface area contributed by atoms with E-state index in [1.54, 1.807) is 0 Å². The molecule has 6 heteroatoms. The highest BCUT2D eigenvalue weighted by Crippen LogP contribution is 2.27. The zero-order valence-corrected chi connectivity index (χ0v) is 13.6. The maximum atomic E-state index is 11.2. The molecule has 0 radical (unpaired) electrons. The van der Waals surface area contributed by atoms with Crippen LogP contribution in [0.25, 0.3) is 0 Å². The lowest BCUT2D eigenvalue weighted by molar-refractivity contribution is -0.143. The van der Waals surface area contributed by atoms with Crippen molar-refractivity contribution in [1.29, 1.82) is 0 Å². The van der Waals surface area contributed by atoms with E-state index in [0.717, 1.165) is 38.5 Å². The number of hydrogen-bond acceptors (Lipinski definition) is 2. The van der Waals surface area contributed by atoms with Crippen molar-refractivity contribution in [3.8, 4) is 0 Å². The SMILES string of the molecule is CCCCCC(=O)OCCCCC[Si](Cl)(Cl)Cl. The van der Waals surface area contributed by atoms with Crippen LogP contribution in [0.1, 0.15) is 51.9 Å². The van der Waals surface area contributed by atoms with E-state index in [-0.39, 0.29) is 5.97 Å². The number of rotatable bonds is 10. The molecule has 0 heterocycles. The van der Waals surface area contributed by atoms with Crippen LogP contribution < -0.4 is 0 Å². The first-order valence-corrected chi connectivity index (χ1v) is 11.4. The predicted molar refractivity (Wildman–Crippen MR) is 77.1 cm³/mol. The summed E-state index contributed by atoms with van der Waals surface area (Å²) in [6.07, 6.45) is 6.37. The zero-order chi connectivity index (χ0) is 13.1. The number of esters is 1. The Hall–Kier alpha value is 0.557. The standard InChI is InChI=1S/C11H21Cl3O2Si/c1-2-3-5-8-11(15)16-9-6-4-7-10-17(12,13)14/h2-10H2,1H3. The average Bonchev–Trinajstić information content (AvgIpc) is 2.22. The van der Waals surface area contributed by atoms with Crippen LogP contribution in [0.2, 0.25) is 6.04 Å². The minimum atomic E-state index is -2.45. The second kappa shape index (κ2) is 10.5. The summed E-state index contributed by atoms with van der Waals surface area (Å²) in [5, 5.41) is 0. The Morgan fingerprint density at radius 1 is 1.06 bits per heavy atom. The summed E-state index contributed by atoms with van der Waals surface area (Å²) in [4.78, 5) is 11.2. The third-order valence-electron chi connectivity index (χ3n) is 2.35. The lowest BCUT2D eigenvalue weighted by Gasteiger charge is -2.07. The molecular weight excluding hydrogens is 299 g/mol. The Morgan fingerprint density at radius 3 is 2.35 bits per heavy atom. The summed E-state index contributed by atoms with van der Waals surface area (Å²) in [7, 11) is 0. The van der Waals surface area contributed by atoms with Crippen LogP contribution in [-0.4, -0.2) is 18.6 Å². The number of carbonyl (C=O) groups excluding carboxylic acids is 1. The van der Waals surface area contributed by atoms with Crippen LogP contribution in [0.5, 0.6) is 0 Å². The second-order valence-corrected chi connectivity index (χ2v) is 13.4. The van der Waals surface area contributed by atoms with Gasteiger partial charge in [-0.1, -0.05) is 32.6 Å². The first-order valence-electron chi connectivity index (χ1n) is 6.18. The van der Waals surface area contributed by atoms with Gasteiger partial charge in [-0.25, -0.2) is 0 Å². The fourth-order valence-corrected chi connectivity index (χ4v) is 3.24. The summed E-state index contributed by atoms with van der Waals surface area (Å²) < 4.78 is 5.09. The summed E-state index contributed by atoms with van der Waals surface area (Å²) in [5.41, 5.74) is 0. The summed E-state index contributed by atoms with van der Waals surface area (Å²) in [6.45, 7) is 2.60. The molecule has 0 atom stereocenters. The Balaban J connectivity index is 3.25. The molecule has 2 nitrogen and oxygen atoms in total. The largest absolute Gasteiger partial charge is 0.466 e. The molecular formula is C11H21Cl3O2Si. The van der Waals surface area contributed by atoms with Gasteiger partial charge in [0.05, 0.1) is 6.61 Å². The van der Waals surface area contributed by atoms with E-state index in [0.29, 0.717) is 19.1 Å². The number of unbranched alkanes of at least 4 members (excludes halogenated alkanes) is 4. The highest BCUT2D eigenvalue weighted by atomic mass is 35.8. The van der Waals surface area contributed by atoms with E-state index < -0.39 is 6.00 Å². The molecule has 0 spiro atoms. The Morgan fingerprint density at radius 2 is 1.76 bits per heavy atom. The normalized spacial score (nSPS) is 11.5. The van der Waals surface area contributed by atoms with Crippen LogP contribution in [0.3, 0.4) is 0 Å². The fraction of sp³-hybridized carbons (Fsp3) is 0.909. The first kappa shape index (κ1) is 17.6. The molecule has 0 bridgehead atoms. The van der Waals surface area contributed by atoms with E-state index >= 15 is 0 Å². The molecule has 0 amide bonds. The molecule has 0 saturated carbocycles. The monoisotopic (exact) mass is 318 g/mol. The Bertz CT molecular complexity index is 207. The molecule has 0 unspecified atom stereocenters. The summed E-state index contributed by atoms with van der Waals surface area (Å²) in [5.74, 6) is -0.0887. The van der Waals surface area contributed by atoms with Gasteiger partial charge >= 0.3 is 12.0 Å². The Kier molecular flexibility index (Phi) is 10.8. The molecule has 0 aromatic rings. The maximum absolute atomic E-state index is 11.2. The molecule has 0 saturated heterocycles. The molecule has 0 rings (SSSR count). The highest BCUT2D eigenvalue weighted by molar-refractivity contribution is 7.64. The highest BCUT2D eigenvalue weighted by Gasteiger charge is 2.23. The topological polar surface area (TPSA) is 26.3 Å². The molecule has 0 fully saturated rings. The van der Waals surface area contributed by atoms with Gasteiger partial charge in [0.15, 0.2) is 0 Å². The van der Waals surface area contributed by atoms with Crippen molar-refractivity contribution < 1.29 is 9.53 Å². The van der Waals surface area contributed by atoms with E-state index in [4.69, 9.17) is 38.0 Å². The smallest absolute Gasteiger partial charge is 0.341 e. The molecule has 0 aromatic carbocycles. The summed E-state index contributed by atoms with van der Waals surface area (Å²) >= 11 is 17.3. The average molecular weight is 320 g/mol. The number of carbonyl (C=O) groups is 1. The molecule has 0 aliphatic heterocycles. The molecule has 0 aromatic heterocycles. The van der Waals surface area contributed by atoms with Crippen molar-refractivity contribution >= 4 is 45.2 Å². The van der Waals surface area contributed by atoms with Crippen molar-refractivity contribution in [2.75, 3.05) is 6.61 Å². The molecule has 102 valence electrons. The van der Waals surface area contributed by atoms with Crippen LogP contribution in [0, 0.1) is 0 Å². The number of hydrogen-bond donors (Lipinski definition) is 0. The number of ether oxygens (including phenoxy) is 1. The molecule has 0 N–H and O–H groups in total. The van der Waals surface area contributed by atoms with Gasteiger partial charge in [0.1, 0.15) is 0 Å².